The van der Waals surface area contributed by atoms with Crippen molar-refractivity contribution in [3.05, 3.63) is 0 Å². The molecule has 0 bridgehead atoms. The van der Waals surface area contributed by atoms with Gasteiger partial charge in [-0.15, -0.1) is 0 Å². The number of carboxylic acid groups (broad SMARTS) is 1. The van der Waals surface area contributed by atoms with E-state index in [0.717, 1.165) is 0 Å². The molecule has 1 aliphatic heterocycles. The Kier molecular flexibility index (Phi) is 3.48. The predicted molar refractivity (Wildman–Crippen MR) is 49.2 cm³/mol. The number of likely N-dealkylation sites (tertiary alicyclic amines) is 1. The Hall–Kier alpha value is -1.34. The minimum Gasteiger partial charge on any atom is -0.480 e. The van der Waals surface area contributed by atoms with Crippen LogP contribution in [0, 0.1) is 0 Å². The third-order valence-electron chi connectivity index (χ3n) is 2.26. The molecule has 86 valence electrons. The number of amides is 2. The zero-order chi connectivity index (χ0) is 11.6. The minimum atomic E-state index is -1.14. The first-order valence-corrected chi connectivity index (χ1v) is 4.56. The minimum absolute atomic E-state index is 0.0132. The molecule has 7 heteroatoms. The fourth-order valence-electron chi connectivity index (χ4n) is 1.27. The highest BCUT2D eigenvalue weighted by Gasteiger charge is 2.33. The average molecular weight is 218 g/mol. The van der Waals surface area contributed by atoms with Gasteiger partial charge in [-0.25, -0.2) is 4.79 Å². The number of nitrogens with one attached hydrogen (secondary N) is 1. The first kappa shape index (κ1) is 11.7. The molecular formula is C8H14N2O5. The summed E-state index contributed by atoms with van der Waals surface area (Å²) in [5, 5.41) is 29.1. The van der Waals surface area contributed by atoms with Crippen LogP contribution in [0.4, 0.5) is 4.79 Å². The zero-order valence-corrected chi connectivity index (χ0v) is 8.25. The molecule has 0 aliphatic carbocycles. The zero-order valence-electron chi connectivity index (χ0n) is 8.25. The SMILES string of the molecule is C[C@H](NC(=O)N1CC(O)C(O)C1)C(=O)O. The number of aliphatic carboxylic acids is 1. The number of β-amino-alcohol motifs (C(OH)–C–C–N with tert-alkyl or cyclic N) is 2. The lowest BCUT2D eigenvalue weighted by molar-refractivity contribution is -0.138. The predicted octanol–water partition coefficient (Wildman–Crippen LogP) is -1.79. The monoisotopic (exact) mass is 218 g/mol. The lowest BCUT2D eigenvalue weighted by atomic mass is 10.3. The largest absolute Gasteiger partial charge is 0.480 e. The molecule has 4 N–H and O–H groups in total. The van der Waals surface area contributed by atoms with Crippen LogP contribution >= 0.6 is 0 Å². The number of carbonyl (C=O) groups excluding carboxylic acids is 1. The Morgan fingerprint density at radius 1 is 1.33 bits per heavy atom. The highest BCUT2D eigenvalue weighted by Crippen LogP contribution is 2.09. The van der Waals surface area contributed by atoms with Crippen molar-refractivity contribution in [2.24, 2.45) is 0 Å². The molecule has 15 heavy (non-hydrogen) atoms. The number of hydrogen-bond acceptors (Lipinski definition) is 4. The number of aliphatic hydroxyl groups excluding tert-OH is 2. The van der Waals surface area contributed by atoms with Crippen LogP contribution in [-0.2, 0) is 4.79 Å². The average Bonchev–Trinajstić information content (AvgIpc) is 2.46. The van der Waals surface area contributed by atoms with E-state index in [0.29, 0.717) is 0 Å². The van der Waals surface area contributed by atoms with Crippen molar-refractivity contribution in [1.29, 1.82) is 0 Å². The molecule has 1 saturated heterocycles. The van der Waals surface area contributed by atoms with Crippen molar-refractivity contribution in [3.8, 4) is 0 Å². The molecule has 7 nitrogen and oxygen atoms in total. The van der Waals surface area contributed by atoms with E-state index in [-0.39, 0.29) is 13.1 Å². The first-order valence-electron chi connectivity index (χ1n) is 4.56. The molecule has 3 atom stereocenters. The van der Waals surface area contributed by atoms with Crippen molar-refractivity contribution in [3.63, 3.8) is 0 Å². The Morgan fingerprint density at radius 3 is 2.20 bits per heavy atom. The second-order valence-electron chi connectivity index (χ2n) is 3.55. The molecule has 2 unspecified atom stereocenters. The van der Waals surface area contributed by atoms with E-state index in [2.05, 4.69) is 5.32 Å². The van der Waals surface area contributed by atoms with Gasteiger partial charge in [0.15, 0.2) is 0 Å². The molecule has 0 aromatic carbocycles. The molecular weight excluding hydrogens is 204 g/mol. The normalized spacial score (nSPS) is 27.5. The summed E-state index contributed by atoms with van der Waals surface area (Å²) in [6.45, 7) is 1.36. The Balaban J connectivity index is 2.45. The van der Waals surface area contributed by atoms with Gasteiger partial charge in [0.2, 0.25) is 0 Å². The van der Waals surface area contributed by atoms with Crippen LogP contribution in [0.1, 0.15) is 6.92 Å². The summed E-state index contributed by atoms with van der Waals surface area (Å²) < 4.78 is 0. The number of carboxylic acids is 1. The molecule has 1 aliphatic rings. The first-order chi connectivity index (χ1) is 6.91. The maximum atomic E-state index is 11.4. The quantitative estimate of drug-likeness (QED) is 0.437. The van der Waals surface area contributed by atoms with E-state index in [4.69, 9.17) is 5.11 Å². The fourth-order valence-corrected chi connectivity index (χ4v) is 1.27. The van der Waals surface area contributed by atoms with Gasteiger partial charge in [0.05, 0.1) is 25.3 Å². The lowest BCUT2D eigenvalue weighted by Gasteiger charge is -2.18. The van der Waals surface area contributed by atoms with Gasteiger partial charge in [-0.1, -0.05) is 0 Å². The number of carbonyl (C=O) groups is 2. The molecule has 0 aromatic heterocycles. The Bertz CT molecular complexity index is 260. The molecule has 2 amide bonds. The van der Waals surface area contributed by atoms with Gasteiger partial charge in [-0.05, 0) is 6.92 Å². The van der Waals surface area contributed by atoms with Crippen LogP contribution in [0.3, 0.4) is 0 Å². The Morgan fingerprint density at radius 2 is 1.80 bits per heavy atom. The number of aliphatic hydroxyl groups is 2. The molecule has 0 saturated carbocycles. The van der Waals surface area contributed by atoms with Crippen molar-refractivity contribution < 1.29 is 24.9 Å². The third-order valence-corrected chi connectivity index (χ3v) is 2.26. The molecule has 1 fully saturated rings. The van der Waals surface area contributed by atoms with Gasteiger partial charge in [-0.2, -0.15) is 0 Å². The van der Waals surface area contributed by atoms with Crippen molar-refractivity contribution in [2.75, 3.05) is 13.1 Å². The summed E-state index contributed by atoms with van der Waals surface area (Å²) in [7, 11) is 0. The summed E-state index contributed by atoms with van der Waals surface area (Å²) in [6, 6.07) is -1.59. The molecule has 1 rings (SSSR count). The van der Waals surface area contributed by atoms with Crippen LogP contribution < -0.4 is 5.32 Å². The fraction of sp³-hybridized carbons (Fsp3) is 0.750. The van der Waals surface area contributed by atoms with Gasteiger partial charge < -0.3 is 25.5 Å². The van der Waals surface area contributed by atoms with Crippen molar-refractivity contribution in [1.82, 2.24) is 10.2 Å². The number of urea groups is 1. The highest BCUT2D eigenvalue weighted by molar-refractivity contribution is 5.82. The van der Waals surface area contributed by atoms with Crippen LogP contribution in [0.25, 0.3) is 0 Å². The third kappa shape index (κ3) is 2.80. The maximum absolute atomic E-state index is 11.4. The van der Waals surface area contributed by atoms with Crippen LogP contribution in [0.2, 0.25) is 0 Å². The summed E-state index contributed by atoms with van der Waals surface area (Å²) in [4.78, 5) is 23.0. The second kappa shape index (κ2) is 4.45. The summed E-state index contributed by atoms with van der Waals surface area (Å²) in [5.74, 6) is -1.14. The molecule has 0 radical (unpaired) electrons. The highest BCUT2D eigenvalue weighted by atomic mass is 16.4. The maximum Gasteiger partial charge on any atom is 0.325 e. The smallest absolute Gasteiger partial charge is 0.325 e. The summed E-state index contributed by atoms with van der Waals surface area (Å²) in [6.07, 6.45) is -1.92. The van der Waals surface area contributed by atoms with Gasteiger partial charge >= 0.3 is 12.0 Å². The van der Waals surface area contributed by atoms with E-state index in [1.54, 1.807) is 0 Å². The number of rotatable bonds is 2. The topological polar surface area (TPSA) is 110 Å². The summed E-state index contributed by atoms with van der Waals surface area (Å²) in [5.41, 5.74) is 0. The van der Waals surface area contributed by atoms with Gasteiger partial charge in [-0.3, -0.25) is 4.79 Å². The summed E-state index contributed by atoms with van der Waals surface area (Å²) >= 11 is 0. The van der Waals surface area contributed by atoms with Gasteiger partial charge in [0, 0.05) is 0 Å². The number of hydrogen-bond donors (Lipinski definition) is 4. The van der Waals surface area contributed by atoms with Gasteiger partial charge in [0.25, 0.3) is 0 Å². The molecule has 0 spiro atoms. The van der Waals surface area contributed by atoms with Crippen LogP contribution in [0.15, 0.2) is 0 Å². The van der Waals surface area contributed by atoms with E-state index in [9.17, 15) is 19.8 Å². The lowest BCUT2D eigenvalue weighted by Crippen LogP contribution is -2.46. The number of nitrogens with zero attached hydrogens (tertiary/aromatic N) is 1. The van der Waals surface area contributed by atoms with Gasteiger partial charge in [0.1, 0.15) is 6.04 Å². The van der Waals surface area contributed by atoms with Crippen molar-refractivity contribution in [2.45, 2.75) is 25.2 Å². The van der Waals surface area contributed by atoms with Crippen LogP contribution in [0.5, 0.6) is 0 Å². The van der Waals surface area contributed by atoms with E-state index >= 15 is 0 Å². The standard InChI is InChI=1S/C8H14N2O5/c1-4(7(13)14)9-8(15)10-2-5(11)6(12)3-10/h4-6,11-12H,2-3H2,1H3,(H,9,15)(H,13,14)/t4-,5?,6?/m0/s1. The van der Waals surface area contributed by atoms with E-state index in [1.165, 1.54) is 11.8 Å². The second-order valence-corrected chi connectivity index (χ2v) is 3.55. The molecule has 1 heterocycles. The Labute approximate surface area is 86.3 Å². The molecule has 0 aromatic rings. The van der Waals surface area contributed by atoms with Crippen LogP contribution in [-0.4, -0.2) is 63.6 Å². The van der Waals surface area contributed by atoms with E-state index < -0.39 is 30.3 Å². The van der Waals surface area contributed by atoms with Crippen molar-refractivity contribution >= 4 is 12.0 Å². The van der Waals surface area contributed by atoms with E-state index in [1.807, 2.05) is 0 Å².